The molecule has 1 aromatic heterocycles. The van der Waals surface area contributed by atoms with Crippen molar-refractivity contribution in [3.05, 3.63) is 48.3 Å². The number of imidazole rings is 1. The summed E-state index contributed by atoms with van der Waals surface area (Å²) >= 11 is 1.79. The van der Waals surface area contributed by atoms with Gasteiger partial charge < -0.3 is 10.3 Å². The molecule has 0 aliphatic rings. The molecule has 2 N–H and O–H groups in total. The van der Waals surface area contributed by atoms with Gasteiger partial charge in [0, 0.05) is 23.7 Å². The average Bonchev–Trinajstić information content (AvgIpc) is 2.92. The fourth-order valence-corrected chi connectivity index (χ4v) is 3.21. The van der Waals surface area contributed by atoms with Gasteiger partial charge in [-0.05, 0) is 19.0 Å². The van der Waals surface area contributed by atoms with E-state index in [1.807, 2.05) is 13.2 Å². The van der Waals surface area contributed by atoms with Crippen LogP contribution < -0.4 is 5.32 Å². The Balaban J connectivity index is 2.14. The van der Waals surface area contributed by atoms with Crippen molar-refractivity contribution in [2.24, 2.45) is 0 Å². The molecule has 1 aromatic carbocycles. The molecule has 0 saturated carbocycles. The van der Waals surface area contributed by atoms with E-state index in [2.05, 4.69) is 52.5 Å². The fraction of sp³-hybridized carbons (Fsp3) is 0.357. The number of aromatic amines is 1. The van der Waals surface area contributed by atoms with Gasteiger partial charge in [0.1, 0.15) is 0 Å². The minimum Gasteiger partial charge on any atom is -0.340 e. The Morgan fingerprint density at radius 1 is 1.33 bits per heavy atom. The number of benzene rings is 1. The van der Waals surface area contributed by atoms with Gasteiger partial charge >= 0.3 is 0 Å². The van der Waals surface area contributed by atoms with Crippen LogP contribution in [-0.2, 0) is 0 Å². The Labute approximate surface area is 112 Å². The highest BCUT2D eigenvalue weighted by Gasteiger charge is 2.21. The lowest BCUT2D eigenvalue weighted by molar-refractivity contribution is 0.555. The number of thioether (sulfide) groups is 1. The van der Waals surface area contributed by atoms with Crippen molar-refractivity contribution in [2.45, 2.75) is 29.8 Å². The lowest BCUT2D eigenvalue weighted by atomic mass is 10.0. The first kappa shape index (κ1) is 13.2. The van der Waals surface area contributed by atoms with Gasteiger partial charge in [-0.1, -0.05) is 49.0 Å². The van der Waals surface area contributed by atoms with E-state index in [0.717, 1.165) is 11.6 Å². The Hall–Kier alpha value is -1.26. The molecule has 0 fully saturated rings. The molecule has 96 valence electrons. The highest BCUT2D eigenvalue weighted by atomic mass is 32.2. The standard InChI is InChI=1S/C14H19N3S/c1-3-12(18-14-16-9-10-17-14)13(15-2)11-7-5-4-6-8-11/h4-10,12-13,15H,3H2,1-2H3,(H,16,17). The van der Waals surface area contributed by atoms with Crippen LogP contribution in [0.1, 0.15) is 24.9 Å². The van der Waals surface area contributed by atoms with Crippen LogP contribution in [0.25, 0.3) is 0 Å². The quantitative estimate of drug-likeness (QED) is 0.784. The first-order valence-electron chi connectivity index (χ1n) is 6.23. The lowest BCUT2D eigenvalue weighted by Crippen LogP contribution is -2.27. The zero-order chi connectivity index (χ0) is 12.8. The summed E-state index contributed by atoms with van der Waals surface area (Å²) in [5.74, 6) is 0. The van der Waals surface area contributed by atoms with Crippen LogP contribution in [0, 0.1) is 0 Å². The van der Waals surface area contributed by atoms with Crippen LogP contribution in [0.2, 0.25) is 0 Å². The SMILES string of the molecule is CCC(Sc1ncc[nH]1)C(NC)c1ccccc1. The van der Waals surface area contributed by atoms with Crippen molar-refractivity contribution >= 4 is 11.8 Å². The molecule has 1 heterocycles. The highest BCUT2D eigenvalue weighted by Crippen LogP contribution is 2.32. The minimum atomic E-state index is 0.339. The Morgan fingerprint density at radius 2 is 2.11 bits per heavy atom. The molecule has 0 radical (unpaired) electrons. The second kappa shape index (κ2) is 6.61. The second-order valence-electron chi connectivity index (χ2n) is 4.14. The minimum absolute atomic E-state index is 0.339. The normalized spacial score (nSPS) is 14.3. The van der Waals surface area contributed by atoms with Crippen LogP contribution >= 0.6 is 11.8 Å². The van der Waals surface area contributed by atoms with Crippen LogP contribution in [0.15, 0.2) is 47.9 Å². The molecule has 2 aromatic rings. The smallest absolute Gasteiger partial charge is 0.165 e. The molecule has 2 atom stereocenters. The highest BCUT2D eigenvalue weighted by molar-refractivity contribution is 7.99. The third-order valence-corrected chi connectivity index (χ3v) is 4.33. The molecule has 2 unspecified atom stereocenters. The van der Waals surface area contributed by atoms with Crippen molar-refractivity contribution in [3.8, 4) is 0 Å². The molecule has 4 heteroatoms. The van der Waals surface area contributed by atoms with E-state index >= 15 is 0 Å². The van der Waals surface area contributed by atoms with Crippen molar-refractivity contribution in [1.29, 1.82) is 0 Å². The summed E-state index contributed by atoms with van der Waals surface area (Å²) in [4.78, 5) is 7.45. The lowest BCUT2D eigenvalue weighted by Gasteiger charge is -2.25. The summed E-state index contributed by atoms with van der Waals surface area (Å²) in [7, 11) is 2.02. The van der Waals surface area contributed by atoms with Crippen LogP contribution in [0.4, 0.5) is 0 Å². The van der Waals surface area contributed by atoms with Crippen molar-refractivity contribution < 1.29 is 0 Å². The van der Waals surface area contributed by atoms with Gasteiger partial charge in [-0.2, -0.15) is 0 Å². The maximum atomic E-state index is 4.29. The maximum absolute atomic E-state index is 4.29. The van der Waals surface area contributed by atoms with Gasteiger partial charge in [0.25, 0.3) is 0 Å². The zero-order valence-corrected chi connectivity index (χ0v) is 11.6. The topological polar surface area (TPSA) is 40.7 Å². The largest absolute Gasteiger partial charge is 0.340 e. The van der Waals surface area contributed by atoms with E-state index in [1.165, 1.54) is 5.56 Å². The summed E-state index contributed by atoms with van der Waals surface area (Å²) in [6, 6.07) is 10.9. The summed E-state index contributed by atoms with van der Waals surface area (Å²) in [6.07, 6.45) is 4.75. The monoisotopic (exact) mass is 261 g/mol. The van der Waals surface area contributed by atoms with E-state index in [9.17, 15) is 0 Å². The Morgan fingerprint density at radius 3 is 2.67 bits per heavy atom. The van der Waals surface area contributed by atoms with Gasteiger partial charge in [-0.15, -0.1) is 0 Å². The molecule has 2 rings (SSSR count). The molecule has 3 nitrogen and oxygen atoms in total. The maximum Gasteiger partial charge on any atom is 0.165 e. The second-order valence-corrected chi connectivity index (χ2v) is 5.36. The Bertz CT molecular complexity index is 441. The molecule has 0 saturated heterocycles. The van der Waals surface area contributed by atoms with E-state index in [0.29, 0.717) is 11.3 Å². The summed E-state index contributed by atoms with van der Waals surface area (Å²) < 4.78 is 0. The predicted molar refractivity (Wildman–Crippen MR) is 76.8 cm³/mol. The van der Waals surface area contributed by atoms with E-state index in [-0.39, 0.29) is 0 Å². The number of H-pyrrole nitrogens is 1. The predicted octanol–water partition coefficient (Wildman–Crippen LogP) is 3.24. The van der Waals surface area contributed by atoms with Gasteiger partial charge in [0.15, 0.2) is 5.16 Å². The first-order chi connectivity index (χ1) is 8.85. The van der Waals surface area contributed by atoms with Gasteiger partial charge in [-0.25, -0.2) is 4.98 Å². The molecular weight excluding hydrogens is 242 g/mol. The van der Waals surface area contributed by atoms with E-state index in [4.69, 9.17) is 0 Å². The van der Waals surface area contributed by atoms with Crippen molar-refractivity contribution in [2.75, 3.05) is 7.05 Å². The average molecular weight is 261 g/mol. The summed E-state index contributed by atoms with van der Waals surface area (Å²) in [5, 5.41) is 4.87. The Kier molecular flexibility index (Phi) is 4.84. The van der Waals surface area contributed by atoms with Crippen LogP contribution in [0.3, 0.4) is 0 Å². The van der Waals surface area contributed by atoms with Crippen LogP contribution in [0.5, 0.6) is 0 Å². The number of aromatic nitrogens is 2. The van der Waals surface area contributed by atoms with Gasteiger partial charge in [-0.3, -0.25) is 0 Å². The molecular formula is C14H19N3S. The van der Waals surface area contributed by atoms with E-state index in [1.54, 1.807) is 18.0 Å². The van der Waals surface area contributed by atoms with Crippen LogP contribution in [-0.4, -0.2) is 22.3 Å². The first-order valence-corrected chi connectivity index (χ1v) is 7.11. The van der Waals surface area contributed by atoms with E-state index < -0.39 is 0 Å². The summed E-state index contributed by atoms with van der Waals surface area (Å²) in [5.41, 5.74) is 1.32. The zero-order valence-electron chi connectivity index (χ0n) is 10.8. The third-order valence-electron chi connectivity index (χ3n) is 2.98. The molecule has 0 amide bonds. The molecule has 0 bridgehead atoms. The fourth-order valence-electron chi connectivity index (χ4n) is 2.07. The van der Waals surface area contributed by atoms with Gasteiger partial charge in [0.05, 0.1) is 0 Å². The molecule has 0 spiro atoms. The van der Waals surface area contributed by atoms with Crippen molar-refractivity contribution in [3.63, 3.8) is 0 Å². The molecule has 18 heavy (non-hydrogen) atoms. The molecule has 0 aliphatic heterocycles. The number of rotatable bonds is 6. The van der Waals surface area contributed by atoms with Crippen molar-refractivity contribution in [1.82, 2.24) is 15.3 Å². The van der Waals surface area contributed by atoms with Gasteiger partial charge in [0.2, 0.25) is 0 Å². The number of hydrogen-bond donors (Lipinski definition) is 2. The summed E-state index contributed by atoms with van der Waals surface area (Å²) in [6.45, 7) is 2.22. The molecule has 0 aliphatic carbocycles. The third kappa shape index (κ3) is 3.15. The number of nitrogens with one attached hydrogen (secondary N) is 2. The number of nitrogens with zero attached hydrogens (tertiary/aromatic N) is 1. The number of hydrogen-bond acceptors (Lipinski definition) is 3.